The van der Waals surface area contributed by atoms with E-state index in [1.165, 1.54) is 0 Å². The Morgan fingerprint density at radius 3 is 2.62 bits per heavy atom. The first-order valence-corrected chi connectivity index (χ1v) is 10.3. The molecule has 2 aromatic heterocycles. The third kappa shape index (κ3) is 4.40. The molecule has 1 unspecified atom stereocenters. The lowest BCUT2D eigenvalue weighted by atomic mass is 10.0. The van der Waals surface area contributed by atoms with Crippen LogP contribution in [0.1, 0.15) is 43.7 Å². The first-order chi connectivity index (χ1) is 14.3. The van der Waals surface area contributed by atoms with Crippen LogP contribution in [0.3, 0.4) is 0 Å². The Kier molecular flexibility index (Phi) is 6.05. The maximum Gasteiger partial charge on any atom is 0.285 e. The van der Waals surface area contributed by atoms with E-state index < -0.39 is 0 Å². The second-order valence-corrected chi connectivity index (χ2v) is 7.44. The summed E-state index contributed by atoms with van der Waals surface area (Å²) in [5, 5.41) is 8.31. The second kappa shape index (κ2) is 9.05. The zero-order valence-electron chi connectivity index (χ0n) is 16.7. The monoisotopic (exact) mass is 395 g/mol. The fourth-order valence-electron chi connectivity index (χ4n) is 3.99. The van der Waals surface area contributed by atoms with Crippen LogP contribution in [0.5, 0.6) is 0 Å². The Hall–Kier alpha value is -2.93. The quantitative estimate of drug-likeness (QED) is 0.634. The van der Waals surface area contributed by atoms with Crippen molar-refractivity contribution in [2.75, 3.05) is 19.6 Å². The minimum Gasteiger partial charge on any atom is -0.459 e. The maximum atomic E-state index is 13.5. The highest BCUT2D eigenvalue weighted by Crippen LogP contribution is 2.19. The molecule has 29 heavy (non-hydrogen) atoms. The van der Waals surface area contributed by atoms with Crippen molar-refractivity contribution in [1.29, 1.82) is 0 Å². The number of nitrogens with one attached hydrogen (secondary N) is 1. The van der Waals surface area contributed by atoms with E-state index in [2.05, 4.69) is 17.1 Å². The van der Waals surface area contributed by atoms with E-state index in [4.69, 9.17) is 8.83 Å². The lowest BCUT2D eigenvalue weighted by Gasteiger charge is -2.30. The first kappa shape index (κ1) is 19.4. The number of nitrogens with zero attached hydrogens (tertiary/aromatic N) is 3. The van der Waals surface area contributed by atoms with E-state index in [-0.39, 0.29) is 11.9 Å². The van der Waals surface area contributed by atoms with E-state index in [1.54, 1.807) is 18.4 Å². The van der Waals surface area contributed by atoms with Gasteiger partial charge in [0.15, 0.2) is 18.3 Å². The highest BCUT2D eigenvalue weighted by molar-refractivity contribution is 5.82. The number of rotatable bonds is 8. The number of aromatic nitrogens is 2. The fraction of sp³-hybridized carbons (Fsp3) is 0.409. The van der Waals surface area contributed by atoms with Crippen LogP contribution in [0, 0.1) is 0 Å². The highest BCUT2D eigenvalue weighted by atomic mass is 16.4. The zero-order chi connectivity index (χ0) is 20.1. The molecular formula is C22H27N4O3+. The molecule has 1 aliphatic heterocycles. The SMILES string of the molecule is CCC[NH+](Cc1nnc(-c2ccco2)o1)[C@H](C(=O)N1CCCC1)c1ccccc1. The van der Waals surface area contributed by atoms with E-state index in [9.17, 15) is 4.79 Å². The number of furan rings is 1. The number of likely N-dealkylation sites (tertiary alicyclic amines) is 1. The molecule has 0 bridgehead atoms. The van der Waals surface area contributed by atoms with Crippen LogP contribution >= 0.6 is 0 Å². The summed E-state index contributed by atoms with van der Waals surface area (Å²) in [6.07, 6.45) is 4.68. The average Bonchev–Trinajstić information content (AvgIpc) is 3.50. The van der Waals surface area contributed by atoms with Gasteiger partial charge in [0, 0.05) is 18.7 Å². The number of hydrogen-bond acceptors (Lipinski definition) is 5. The summed E-state index contributed by atoms with van der Waals surface area (Å²) >= 11 is 0. The van der Waals surface area contributed by atoms with Crippen LogP contribution in [0.2, 0.25) is 0 Å². The molecule has 0 radical (unpaired) electrons. The number of quaternary nitrogens is 1. The van der Waals surface area contributed by atoms with Crippen LogP contribution in [0.4, 0.5) is 0 Å². The molecule has 1 amide bonds. The van der Waals surface area contributed by atoms with Crippen molar-refractivity contribution >= 4 is 5.91 Å². The number of hydrogen-bond donors (Lipinski definition) is 1. The van der Waals surface area contributed by atoms with Gasteiger partial charge in [-0.3, -0.25) is 4.79 Å². The number of carbonyl (C=O) groups excluding carboxylic acids is 1. The van der Waals surface area contributed by atoms with Gasteiger partial charge in [-0.15, -0.1) is 10.2 Å². The normalized spacial score (nSPS) is 16.1. The molecule has 3 heterocycles. The van der Waals surface area contributed by atoms with Crippen LogP contribution < -0.4 is 4.90 Å². The molecule has 0 aliphatic carbocycles. The number of carbonyl (C=O) groups is 1. The van der Waals surface area contributed by atoms with E-state index in [1.807, 2.05) is 35.2 Å². The van der Waals surface area contributed by atoms with Gasteiger partial charge in [-0.2, -0.15) is 0 Å². The van der Waals surface area contributed by atoms with Gasteiger partial charge >= 0.3 is 0 Å². The molecule has 3 aromatic rings. The van der Waals surface area contributed by atoms with Crippen molar-refractivity contribution < 1.29 is 18.5 Å². The van der Waals surface area contributed by atoms with Crippen molar-refractivity contribution in [3.8, 4) is 11.7 Å². The van der Waals surface area contributed by atoms with Gasteiger partial charge in [-0.05, 0) is 31.4 Å². The Morgan fingerprint density at radius 2 is 1.93 bits per heavy atom. The topological polar surface area (TPSA) is 76.8 Å². The van der Waals surface area contributed by atoms with Crippen LogP contribution in [0.25, 0.3) is 11.7 Å². The zero-order valence-corrected chi connectivity index (χ0v) is 16.7. The number of amides is 1. The van der Waals surface area contributed by atoms with Crippen molar-refractivity contribution in [1.82, 2.24) is 15.1 Å². The summed E-state index contributed by atoms with van der Waals surface area (Å²) < 4.78 is 11.2. The third-order valence-corrected chi connectivity index (χ3v) is 5.35. The summed E-state index contributed by atoms with van der Waals surface area (Å²) in [5.74, 6) is 1.61. The average molecular weight is 395 g/mol. The Morgan fingerprint density at radius 1 is 1.14 bits per heavy atom. The van der Waals surface area contributed by atoms with E-state index >= 15 is 0 Å². The molecule has 0 spiro atoms. The van der Waals surface area contributed by atoms with Crippen LogP contribution in [0.15, 0.2) is 57.6 Å². The van der Waals surface area contributed by atoms with Crippen molar-refractivity contribution in [3.05, 3.63) is 60.2 Å². The van der Waals surface area contributed by atoms with Gasteiger partial charge < -0.3 is 18.6 Å². The smallest absolute Gasteiger partial charge is 0.285 e. The molecule has 2 atom stereocenters. The van der Waals surface area contributed by atoms with Gasteiger partial charge in [0.05, 0.1) is 12.8 Å². The molecule has 7 heteroatoms. The van der Waals surface area contributed by atoms with Crippen molar-refractivity contribution in [2.24, 2.45) is 0 Å². The summed E-state index contributed by atoms with van der Waals surface area (Å²) in [5.41, 5.74) is 1.03. The molecule has 1 aliphatic rings. The Labute approximate surface area is 170 Å². The molecule has 1 N–H and O–H groups in total. The molecule has 0 saturated carbocycles. The van der Waals surface area contributed by atoms with Crippen molar-refractivity contribution in [2.45, 2.75) is 38.8 Å². The van der Waals surface area contributed by atoms with Gasteiger partial charge in [-0.1, -0.05) is 37.3 Å². The summed E-state index contributed by atoms with van der Waals surface area (Å²) in [6, 6.07) is 13.3. The van der Waals surface area contributed by atoms with Gasteiger partial charge in [0.2, 0.25) is 0 Å². The van der Waals surface area contributed by atoms with Crippen LogP contribution in [-0.2, 0) is 11.3 Å². The van der Waals surface area contributed by atoms with E-state index in [0.29, 0.717) is 24.1 Å². The molecule has 4 rings (SSSR count). The highest BCUT2D eigenvalue weighted by Gasteiger charge is 2.36. The third-order valence-electron chi connectivity index (χ3n) is 5.35. The molecule has 1 aromatic carbocycles. The Bertz CT molecular complexity index is 901. The predicted octanol–water partition coefficient (Wildman–Crippen LogP) is 2.49. The van der Waals surface area contributed by atoms with E-state index in [0.717, 1.165) is 49.4 Å². The molecule has 152 valence electrons. The lowest BCUT2D eigenvalue weighted by Crippen LogP contribution is -3.12. The van der Waals surface area contributed by atoms with Crippen LogP contribution in [-0.4, -0.2) is 40.6 Å². The van der Waals surface area contributed by atoms with Gasteiger partial charge in [0.1, 0.15) is 0 Å². The Balaban J connectivity index is 1.61. The second-order valence-electron chi connectivity index (χ2n) is 7.44. The van der Waals surface area contributed by atoms with Gasteiger partial charge in [-0.25, -0.2) is 0 Å². The standard InChI is InChI=1S/C22H26N4O3/c1-2-12-26(16-19-23-24-21(29-19)18-11-8-15-28-18)20(17-9-4-3-5-10-17)22(27)25-13-6-7-14-25/h3-5,8-11,15,20H,2,6-7,12-14,16H2,1H3/p+1/t20-/m0/s1. The molecule has 7 nitrogen and oxygen atoms in total. The lowest BCUT2D eigenvalue weighted by molar-refractivity contribution is -0.937. The molecular weight excluding hydrogens is 368 g/mol. The summed E-state index contributed by atoms with van der Waals surface area (Å²) in [4.78, 5) is 16.6. The van der Waals surface area contributed by atoms with Crippen molar-refractivity contribution in [3.63, 3.8) is 0 Å². The predicted molar refractivity (Wildman–Crippen MR) is 107 cm³/mol. The number of benzene rings is 1. The first-order valence-electron chi connectivity index (χ1n) is 10.3. The maximum absolute atomic E-state index is 13.5. The minimum absolute atomic E-state index is 0.183. The summed E-state index contributed by atoms with van der Waals surface area (Å²) in [6.45, 7) is 5.12. The minimum atomic E-state index is -0.284. The van der Waals surface area contributed by atoms with Gasteiger partial charge in [0.25, 0.3) is 17.7 Å². The summed E-state index contributed by atoms with van der Waals surface area (Å²) in [7, 11) is 0. The molecule has 1 saturated heterocycles. The largest absolute Gasteiger partial charge is 0.459 e. The molecule has 1 fully saturated rings. The fourth-order valence-corrected chi connectivity index (χ4v) is 3.99.